The van der Waals surface area contributed by atoms with E-state index in [2.05, 4.69) is 16.0 Å². The second kappa shape index (κ2) is 11.4. The van der Waals surface area contributed by atoms with Crippen LogP contribution in [-0.4, -0.2) is 54.0 Å². The van der Waals surface area contributed by atoms with E-state index >= 15 is 0 Å². The maximum Gasteiger partial charge on any atom is 0.322 e. The van der Waals surface area contributed by atoms with Crippen LogP contribution < -0.4 is 21.7 Å². The molecule has 0 rings (SSSR count). The lowest BCUT2D eigenvalue weighted by atomic mass is 10.0. The van der Waals surface area contributed by atoms with Crippen LogP contribution in [0.1, 0.15) is 40.5 Å². The van der Waals surface area contributed by atoms with Crippen LogP contribution in [-0.2, 0) is 19.2 Å². The smallest absolute Gasteiger partial charge is 0.322 e. The van der Waals surface area contributed by atoms with Crippen molar-refractivity contribution < 1.29 is 24.3 Å². The first-order chi connectivity index (χ1) is 11.5. The topological polar surface area (TPSA) is 151 Å². The van der Waals surface area contributed by atoms with Crippen LogP contribution in [0.2, 0.25) is 0 Å². The Balaban J connectivity index is 4.63. The number of aliphatic carboxylic acids is 1. The van der Waals surface area contributed by atoms with E-state index < -0.39 is 42.3 Å². The van der Waals surface area contributed by atoms with Crippen molar-refractivity contribution in [2.75, 3.05) is 13.1 Å². The third-order valence-corrected chi connectivity index (χ3v) is 3.26. The molecule has 0 fully saturated rings. The van der Waals surface area contributed by atoms with Crippen molar-refractivity contribution in [2.24, 2.45) is 17.6 Å². The molecule has 2 atom stereocenters. The van der Waals surface area contributed by atoms with Crippen LogP contribution in [0.15, 0.2) is 0 Å². The first kappa shape index (κ1) is 22.8. The molecule has 0 aromatic heterocycles. The number of carboxylic acid groups (broad SMARTS) is 1. The Morgan fingerprint density at radius 1 is 0.880 bits per heavy atom. The number of nitrogens with two attached hydrogens (primary N) is 1. The largest absolute Gasteiger partial charge is 0.480 e. The van der Waals surface area contributed by atoms with Crippen molar-refractivity contribution in [3.05, 3.63) is 0 Å². The van der Waals surface area contributed by atoms with Crippen LogP contribution in [0.3, 0.4) is 0 Å². The van der Waals surface area contributed by atoms with Gasteiger partial charge in [-0.3, -0.25) is 19.2 Å². The average Bonchev–Trinajstić information content (AvgIpc) is 2.48. The lowest BCUT2D eigenvalue weighted by Gasteiger charge is -2.22. The molecule has 0 bridgehead atoms. The molecule has 0 radical (unpaired) electrons. The predicted molar refractivity (Wildman–Crippen MR) is 92.5 cm³/mol. The van der Waals surface area contributed by atoms with Gasteiger partial charge in [-0.2, -0.15) is 0 Å². The number of carbonyl (C=O) groups excluding carboxylic acids is 3. The minimum atomic E-state index is -1.18. The number of amides is 3. The van der Waals surface area contributed by atoms with Gasteiger partial charge in [-0.05, 0) is 24.7 Å². The molecular weight excluding hydrogens is 328 g/mol. The van der Waals surface area contributed by atoms with Crippen molar-refractivity contribution in [3.8, 4) is 0 Å². The first-order valence-electron chi connectivity index (χ1n) is 8.35. The highest BCUT2D eigenvalue weighted by molar-refractivity contribution is 5.92. The lowest BCUT2D eigenvalue weighted by Crippen LogP contribution is -2.53. The number of carboxylic acids is 1. The van der Waals surface area contributed by atoms with E-state index in [0.717, 1.165) is 0 Å². The quantitative estimate of drug-likeness (QED) is 0.326. The van der Waals surface area contributed by atoms with Gasteiger partial charge in [0.15, 0.2) is 0 Å². The van der Waals surface area contributed by atoms with Gasteiger partial charge in [-0.1, -0.05) is 27.7 Å². The van der Waals surface area contributed by atoms with E-state index in [0.29, 0.717) is 12.8 Å². The van der Waals surface area contributed by atoms with Gasteiger partial charge in [0.1, 0.15) is 12.6 Å². The predicted octanol–water partition coefficient (Wildman–Crippen LogP) is -0.792. The van der Waals surface area contributed by atoms with Gasteiger partial charge < -0.3 is 26.8 Å². The first-order valence-corrected chi connectivity index (χ1v) is 8.35. The molecule has 0 aliphatic rings. The van der Waals surface area contributed by atoms with Gasteiger partial charge in [0.05, 0.1) is 12.6 Å². The Hall–Kier alpha value is -2.16. The van der Waals surface area contributed by atoms with E-state index in [1.165, 1.54) is 0 Å². The molecule has 6 N–H and O–H groups in total. The molecule has 0 saturated heterocycles. The minimum absolute atomic E-state index is 0.137. The highest BCUT2D eigenvalue weighted by Crippen LogP contribution is 2.07. The maximum atomic E-state index is 12.2. The second-order valence-corrected chi connectivity index (χ2v) is 6.82. The van der Waals surface area contributed by atoms with E-state index in [9.17, 15) is 19.2 Å². The Labute approximate surface area is 148 Å². The zero-order chi connectivity index (χ0) is 19.6. The van der Waals surface area contributed by atoms with Gasteiger partial charge in [0.2, 0.25) is 17.7 Å². The molecule has 0 aliphatic heterocycles. The zero-order valence-electron chi connectivity index (χ0n) is 15.3. The molecule has 9 nitrogen and oxygen atoms in total. The summed E-state index contributed by atoms with van der Waals surface area (Å²) in [5.41, 5.74) is 5.82. The van der Waals surface area contributed by atoms with Gasteiger partial charge in [-0.15, -0.1) is 0 Å². The zero-order valence-corrected chi connectivity index (χ0v) is 15.3. The van der Waals surface area contributed by atoms with Crippen LogP contribution in [0, 0.1) is 11.8 Å². The summed E-state index contributed by atoms with van der Waals surface area (Å²) in [6.07, 6.45) is 0.891. The highest BCUT2D eigenvalue weighted by Gasteiger charge is 2.25. The molecule has 0 aromatic carbocycles. The molecule has 9 heteroatoms. The van der Waals surface area contributed by atoms with Crippen LogP contribution >= 0.6 is 0 Å². The monoisotopic (exact) mass is 358 g/mol. The Kier molecular flexibility index (Phi) is 10.4. The maximum absolute atomic E-state index is 12.2. The van der Waals surface area contributed by atoms with Crippen molar-refractivity contribution in [2.45, 2.75) is 52.6 Å². The van der Waals surface area contributed by atoms with Gasteiger partial charge in [0.25, 0.3) is 0 Å². The minimum Gasteiger partial charge on any atom is -0.480 e. The van der Waals surface area contributed by atoms with E-state index in [-0.39, 0.29) is 18.4 Å². The lowest BCUT2D eigenvalue weighted by molar-refractivity contribution is -0.138. The third kappa shape index (κ3) is 11.1. The summed E-state index contributed by atoms with van der Waals surface area (Å²) in [5, 5.41) is 15.6. The molecule has 2 unspecified atom stereocenters. The molecule has 0 heterocycles. The number of carbonyl (C=O) groups is 4. The number of nitrogens with one attached hydrogen (secondary N) is 3. The highest BCUT2D eigenvalue weighted by atomic mass is 16.4. The molecule has 0 aromatic rings. The van der Waals surface area contributed by atoms with Crippen LogP contribution in [0.25, 0.3) is 0 Å². The van der Waals surface area contributed by atoms with E-state index in [1.807, 2.05) is 27.7 Å². The summed E-state index contributed by atoms with van der Waals surface area (Å²) in [6.45, 7) is 6.81. The number of hydrogen-bond acceptors (Lipinski definition) is 5. The summed E-state index contributed by atoms with van der Waals surface area (Å²) >= 11 is 0. The summed E-state index contributed by atoms with van der Waals surface area (Å²) < 4.78 is 0. The fourth-order valence-corrected chi connectivity index (χ4v) is 2.12. The molecule has 144 valence electrons. The van der Waals surface area contributed by atoms with Crippen molar-refractivity contribution in [1.29, 1.82) is 0 Å². The van der Waals surface area contributed by atoms with Crippen molar-refractivity contribution >= 4 is 23.7 Å². The van der Waals surface area contributed by atoms with Crippen LogP contribution in [0.5, 0.6) is 0 Å². The van der Waals surface area contributed by atoms with E-state index in [4.69, 9.17) is 10.8 Å². The Bertz CT molecular complexity index is 479. The average molecular weight is 358 g/mol. The summed E-state index contributed by atoms with van der Waals surface area (Å²) in [4.78, 5) is 46.2. The fourth-order valence-electron chi connectivity index (χ4n) is 2.12. The number of rotatable bonds is 11. The Morgan fingerprint density at radius 2 is 1.44 bits per heavy atom. The molecule has 0 spiro atoms. The molecule has 25 heavy (non-hydrogen) atoms. The molecular formula is C16H30N4O5. The third-order valence-electron chi connectivity index (χ3n) is 3.26. The summed E-state index contributed by atoms with van der Waals surface area (Å²) in [7, 11) is 0. The van der Waals surface area contributed by atoms with Gasteiger partial charge in [-0.25, -0.2) is 0 Å². The van der Waals surface area contributed by atoms with Gasteiger partial charge >= 0.3 is 5.97 Å². The SMILES string of the molecule is CC(C)CC(N)C(=O)NC(CC(C)C)C(=O)NCC(=O)NCC(=O)O. The van der Waals surface area contributed by atoms with Crippen LogP contribution in [0.4, 0.5) is 0 Å². The number of hydrogen-bond donors (Lipinski definition) is 5. The standard InChI is InChI=1S/C16H30N4O5/c1-9(2)5-11(17)15(24)20-12(6-10(3)4)16(25)19-7-13(21)18-8-14(22)23/h9-12H,5-8,17H2,1-4H3,(H,18,21)(H,19,25)(H,20,24)(H,22,23). The summed E-state index contributed by atoms with van der Waals surface area (Å²) in [5.74, 6) is -2.34. The van der Waals surface area contributed by atoms with Crippen molar-refractivity contribution in [3.63, 3.8) is 0 Å². The summed E-state index contributed by atoms with van der Waals surface area (Å²) in [6, 6.07) is -1.51. The fraction of sp³-hybridized carbons (Fsp3) is 0.750. The van der Waals surface area contributed by atoms with Crippen molar-refractivity contribution in [1.82, 2.24) is 16.0 Å². The van der Waals surface area contributed by atoms with Gasteiger partial charge in [0, 0.05) is 0 Å². The Morgan fingerprint density at radius 3 is 1.92 bits per heavy atom. The second-order valence-electron chi connectivity index (χ2n) is 6.82. The molecule has 0 saturated carbocycles. The molecule has 0 aliphatic carbocycles. The molecule has 3 amide bonds. The normalized spacial score (nSPS) is 13.2. The van der Waals surface area contributed by atoms with E-state index in [1.54, 1.807) is 0 Å².